The number of allylic oxidation sites excluding steroid dienone is 2. The molecule has 1 heterocycles. The van der Waals surface area contributed by atoms with Gasteiger partial charge in [-0.05, 0) is 79.7 Å². The third-order valence-corrected chi connectivity index (χ3v) is 7.26. The Bertz CT molecular complexity index is 992. The summed E-state index contributed by atoms with van der Waals surface area (Å²) < 4.78 is 61.9. The molecule has 2 aliphatic rings. The van der Waals surface area contributed by atoms with E-state index in [1.807, 2.05) is 0 Å². The van der Waals surface area contributed by atoms with Gasteiger partial charge in [-0.25, -0.2) is 17.6 Å². The number of hydrogen-bond donors (Lipinski definition) is 0. The van der Waals surface area contributed by atoms with Crippen LogP contribution in [-0.2, 0) is 4.74 Å². The van der Waals surface area contributed by atoms with Crippen molar-refractivity contribution < 1.29 is 22.3 Å². The molecule has 5 heteroatoms. The molecule has 2 aromatic rings. The Morgan fingerprint density at radius 2 is 1.70 bits per heavy atom. The minimum absolute atomic E-state index is 0.0754. The van der Waals surface area contributed by atoms with Crippen LogP contribution in [0.25, 0.3) is 16.7 Å². The van der Waals surface area contributed by atoms with E-state index in [4.69, 9.17) is 4.74 Å². The Hall–Kier alpha value is -2.14. The zero-order valence-electron chi connectivity index (χ0n) is 19.2. The zero-order chi connectivity index (χ0) is 23.4. The molecule has 0 bridgehead atoms. The van der Waals surface area contributed by atoms with Crippen LogP contribution in [0, 0.1) is 35.1 Å². The fourth-order valence-electron chi connectivity index (χ4n) is 5.23. The van der Waals surface area contributed by atoms with Gasteiger partial charge < -0.3 is 4.74 Å². The Balaban J connectivity index is 1.38. The molecule has 2 aromatic carbocycles. The standard InChI is InChI=1S/C28H32F4O/c1-2-3-4-5-18-6-15-26(33-17-18)20-9-7-19(8-10-20)21-11-12-22(25(30)16-21)23-13-14-24(29)28(32)27(23)31/h7,11-14,16,18,20,26H,2-6,8-10,15,17H2,1H3. The van der Waals surface area contributed by atoms with E-state index < -0.39 is 23.3 Å². The van der Waals surface area contributed by atoms with E-state index in [2.05, 4.69) is 13.0 Å². The van der Waals surface area contributed by atoms with Crippen molar-refractivity contribution in [1.29, 1.82) is 0 Å². The molecule has 0 saturated carbocycles. The van der Waals surface area contributed by atoms with Crippen molar-refractivity contribution in [2.24, 2.45) is 11.8 Å². The second-order valence-electron chi connectivity index (χ2n) is 9.49. The molecule has 0 radical (unpaired) electrons. The molecule has 3 atom stereocenters. The van der Waals surface area contributed by atoms with Gasteiger partial charge >= 0.3 is 0 Å². The van der Waals surface area contributed by atoms with Crippen LogP contribution >= 0.6 is 0 Å². The zero-order valence-corrected chi connectivity index (χ0v) is 19.2. The monoisotopic (exact) mass is 460 g/mol. The molecule has 1 fully saturated rings. The van der Waals surface area contributed by atoms with E-state index in [0.717, 1.165) is 55.6 Å². The Labute approximate surface area is 193 Å². The highest BCUT2D eigenvalue weighted by atomic mass is 19.2. The molecule has 0 amide bonds. The lowest BCUT2D eigenvalue weighted by Crippen LogP contribution is -2.32. The van der Waals surface area contributed by atoms with Gasteiger partial charge in [-0.2, -0.15) is 0 Å². The summed E-state index contributed by atoms with van der Waals surface area (Å²) in [5.41, 5.74) is 1.46. The summed E-state index contributed by atoms with van der Waals surface area (Å²) in [6, 6.07) is 6.40. The largest absolute Gasteiger partial charge is 0.378 e. The quantitative estimate of drug-likeness (QED) is 0.229. The summed E-state index contributed by atoms with van der Waals surface area (Å²) in [7, 11) is 0. The van der Waals surface area contributed by atoms with Crippen LogP contribution in [0.5, 0.6) is 0 Å². The predicted octanol–water partition coefficient (Wildman–Crippen LogP) is 8.47. The van der Waals surface area contributed by atoms with Gasteiger partial charge in [-0.1, -0.05) is 44.4 Å². The lowest BCUT2D eigenvalue weighted by atomic mass is 9.80. The van der Waals surface area contributed by atoms with Crippen LogP contribution in [0.2, 0.25) is 0 Å². The number of unbranched alkanes of at least 4 members (excludes halogenated alkanes) is 2. The predicted molar refractivity (Wildman–Crippen MR) is 124 cm³/mol. The summed E-state index contributed by atoms with van der Waals surface area (Å²) in [4.78, 5) is 0. The first-order valence-electron chi connectivity index (χ1n) is 12.2. The minimum atomic E-state index is -1.59. The molecule has 0 aromatic heterocycles. The molecule has 3 unspecified atom stereocenters. The van der Waals surface area contributed by atoms with Crippen LogP contribution < -0.4 is 0 Å². The Morgan fingerprint density at radius 3 is 2.36 bits per heavy atom. The van der Waals surface area contributed by atoms with Crippen LogP contribution in [-0.4, -0.2) is 12.7 Å². The van der Waals surface area contributed by atoms with E-state index in [0.29, 0.717) is 17.9 Å². The molecule has 0 spiro atoms. The summed E-state index contributed by atoms with van der Waals surface area (Å²) in [5, 5.41) is 0. The van der Waals surface area contributed by atoms with Crippen molar-refractivity contribution in [3.63, 3.8) is 0 Å². The van der Waals surface area contributed by atoms with Gasteiger partial charge in [0.05, 0.1) is 6.10 Å². The van der Waals surface area contributed by atoms with Crippen LogP contribution in [0.3, 0.4) is 0 Å². The van der Waals surface area contributed by atoms with Crippen LogP contribution in [0.15, 0.2) is 36.4 Å². The second kappa shape index (κ2) is 10.9. The van der Waals surface area contributed by atoms with E-state index in [9.17, 15) is 17.6 Å². The number of hydrogen-bond acceptors (Lipinski definition) is 1. The number of ether oxygens (including phenoxy) is 1. The second-order valence-corrected chi connectivity index (χ2v) is 9.49. The van der Waals surface area contributed by atoms with Crippen molar-refractivity contribution in [2.45, 2.75) is 70.8 Å². The first kappa shape index (κ1) is 24.0. The van der Waals surface area contributed by atoms with Crippen molar-refractivity contribution in [3.8, 4) is 11.1 Å². The first-order chi connectivity index (χ1) is 16.0. The molecule has 0 N–H and O–H groups in total. The van der Waals surface area contributed by atoms with E-state index in [1.54, 1.807) is 6.07 Å². The Kier molecular flexibility index (Phi) is 7.90. The summed E-state index contributed by atoms with van der Waals surface area (Å²) in [5.74, 6) is -3.71. The van der Waals surface area contributed by atoms with Crippen LogP contribution in [0.1, 0.15) is 70.3 Å². The highest BCUT2D eigenvalue weighted by Gasteiger charge is 2.29. The molecule has 4 rings (SSSR count). The van der Waals surface area contributed by atoms with Gasteiger partial charge in [-0.3, -0.25) is 0 Å². The maximum Gasteiger partial charge on any atom is 0.195 e. The maximum absolute atomic E-state index is 14.8. The van der Waals surface area contributed by atoms with Crippen LogP contribution in [0.4, 0.5) is 17.6 Å². The van der Waals surface area contributed by atoms with Gasteiger partial charge in [-0.15, -0.1) is 0 Å². The highest BCUT2D eigenvalue weighted by molar-refractivity contribution is 5.71. The van der Waals surface area contributed by atoms with Crippen molar-refractivity contribution >= 4 is 5.57 Å². The smallest absolute Gasteiger partial charge is 0.195 e. The number of rotatable bonds is 7. The van der Waals surface area contributed by atoms with Gasteiger partial charge in [0.25, 0.3) is 0 Å². The van der Waals surface area contributed by atoms with E-state index >= 15 is 0 Å². The number of halogens is 4. The Morgan fingerprint density at radius 1 is 0.879 bits per heavy atom. The van der Waals surface area contributed by atoms with Crippen molar-refractivity contribution in [1.82, 2.24) is 0 Å². The fraction of sp³-hybridized carbons (Fsp3) is 0.500. The third kappa shape index (κ3) is 5.51. The summed E-state index contributed by atoms with van der Waals surface area (Å²) in [6.07, 6.45) is 12.7. The van der Waals surface area contributed by atoms with E-state index in [-0.39, 0.29) is 11.1 Å². The van der Waals surface area contributed by atoms with Crippen molar-refractivity contribution in [3.05, 3.63) is 65.2 Å². The summed E-state index contributed by atoms with van der Waals surface area (Å²) in [6.45, 7) is 3.10. The molecule has 1 saturated heterocycles. The SMILES string of the molecule is CCCCCC1CCC(C2CC=C(c3ccc(-c4ccc(F)c(F)c4F)c(F)c3)CC2)OC1. The van der Waals surface area contributed by atoms with Gasteiger partial charge in [0.2, 0.25) is 0 Å². The van der Waals surface area contributed by atoms with E-state index in [1.165, 1.54) is 44.2 Å². The number of benzene rings is 2. The molecule has 1 aliphatic heterocycles. The molecule has 178 valence electrons. The molecular formula is C28H32F4O. The normalized spacial score (nSPS) is 23.4. The average molecular weight is 461 g/mol. The lowest BCUT2D eigenvalue weighted by molar-refractivity contribution is -0.0507. The highest BCUT2D eigenvalue weighted by Crippen LogP contribution is 2.38. The van der Waals surface area contributed by atoms with Gasteiger partial charge in [0.1, 0.15) is 5.82 Å². The molecule has 1 aliphatic carbocycles. The molecule has 1 nitrogen and oxygen atoms in total. The first-order valence-corrected chi connectivity index (χ1v) is 12.2. The maximum atomic E-state index is 14.8. The average Bonchev–Trinajstić information content (AvgIpc) is 2.84. The summed E-state index contributed by atoms with van der Waals surface area (Å²) >= 11 is 0. The molecular weight excluding hydrogens is 428 g/mol. The molecule has 33 heavy (non-hydrogen) atoms. The van der Waals surface area contributed by atoms with Gasteiger partial charge in [0, 0.05) is 17.7 Å². The fourth-order valence-corrected chi connectivity index (χ4v) is 5.23. The lowest BCUT2D eigenvalue weighted by Gasteiger charge is -2.35. The minimum Gasteiger partial charge on any atom is -0.378 e. The third-order valence-electron chi connectivity index (χ3n) is 7.26. The van der Waals surface area contributed by atoms with Gasteiger partial charge in [0.15, 0.2) is 17.5 Å². The topological polar surface area (TPSA) is 9.23 Å². The van der Waals surface area contributed by atoms with Crippen molar-refractivity contribution in [2.75, 3.05) is 6.61 Å².